The molecule has 0 radical (unpaired) electrons. The summed E-state index contributed by atoms with van der Waals surface area (Å²) in [5.74, 6) is 0. The van der Waals surface area contributed by atoms with Gasteiger partial charge in [0.2, 0.25) is 0 Å². The Morgan fingerprint density at radius 3 is 2.75 bits per heavy atom. The fourth-order valence-electron chi connectivity index (χ4n) is 2.65. The minimum absolute atomic E-state index is 0.213. The second-order valence-electron chi connectivity index (χ2n) is 4.85. The molecule has 0 fully saturated rings. The lowest BCUT2D eigenvalue weighted by molar-refractivity contribution is 0.633. The maximum absolute atomic E-state index is 4.59. The number of nitrogens with one attached hydrogen (secondary N) is 1. The molecule has 1 N–H and O–H groups in total. The van der Waals surface area contributed by atoms with E-state index in [9.17, 15) is 0 Å². The van der Waals surface area contributed by atoms with Gasteiger partial charge in [-0.25, -0.2) is 0 Å². The van der Waals surface area contributed by atoms with E-state index in [4.69, 9.17) is 0 Å². The highest BCUT2D eigenvalue weighted by Gasteiger charge is 2.18. The third-order valence-electron chi connectivity index (χ3n) is 3.59. The highest BCUT2D eigenvalue weighted by molar-refractivity contribution is 7.10. The van der Waals surface area contributed by atoms with Crippen LogP contribution in [-0.2, 0) is 0 Å². The minimum Gasteiger partial charge on any atom is -0.306 e. The van der Waals surface area contributed by atoms with Crippen molar-refractivity contribution in [1.82, 2.24) is 10.3 Å². The van der Waals surface area contributed by atoms with E-state index >= 15 is 0 Å². The zero-order chi connectivity index (χ0) is 13.9. The molecule has 2 aromatic heterocycles. The van der Waals surface area contributed by atoms with E-state index in [0.29, 0.717) is 0 Å². The maximum atomic E-state index is 4.59. The maximum Gasteiger partial charge on any atom is 0.0753 e. The normalized spacial score (nSPS) is 12.7. The Hall–Kier alpha value is -1.71. The van der Waals surface area contributed by atoms with E-state index in [1.165, 1.54) is 21.4 Å². The predicted molar refractivity (Wildman–Crippen MR) is 86.3 cm³/mol. The van der Waals surface area contributed by atoms with Gasteiger partial charge < -0.3 is 5.32 Å². The number of thiophene rings is 1. The van der Waals surface area contributed by atoms with Gasteiger partial charge in [0.1, 0.15) is 0 Å². The quantitative estimate of drug-likeness (QED) is 0.771. The molecule has 0 aliphatic rings. The first-order valence-corrected chi connectivity index (χ1v) is 7.80. The first-order chi connectivity index (χ1) is 9.81. The Kier molecular flexibility index (Phi) is 3.81. The number of nitrogens with zero attached hydrogens (tertiary/aromatic N) is 1. The van der Waals surface area contributed by atoms with Gasteiger partial charge in [-0.05, 0) is 42.1 Å². The monoisotopic (exact) mass is 282 g/mol. The third kappa shape index (κ3) is 2.35. The van der Waals surface area contributed by atoms with Gasteiger partial charge in [0, 0.05) is 16.5 Å². The molecule has 3 heteroatoms. The van der Waals surface area contributed by atoms with E-state index < -0.39 is 0 Å². The number of hydrogen-bond donors (Lipinski definition) is 1. The van der Waals surface area contributed by atoms with E-state index in [0.717, 1.165) is 12.1 Å². The zero-order valence-corrected chi connectivity index (χ0v) is 12.6. The molecule has 3 rings (SSSR count). The molecule has 0 saturated heterocycles. The van der Waals surface area contributed by atoms with Crippen molar-refractivity contribution in [3.8, 4) is 0 Å². The number of pyridine rings is 1. The summed E-state index contributed by atoms with van der Waals surface area (Å²) in [6.45, 7) is 5.26. The molecular formula is C17H18N2S. The van der Waals surface area contributed by atoms with Crippen LogP contribution in [0.2, 0.25) is 0 Å². The van der Waals surface area contributed by atoms with E-state index in [2.05, 4.69) is 59.9 Å². The van der Waals surface area contributed by atoms with Gasteiger partial charge in [-0.1, -0.05) is 31.2 Å². The van der Waals surface area contributed by atoms with Gasteiger partial charge in [0.15, 0.2) is 0 Å². The van der Waals surface area contributed by atoms with Gasteiger partial charge in [0.25, 0.3) is 0 Å². The van der Waals surface area contributed by atoms with Crippen molar-refractivity contribution in [1.29, 1.82) is 0 Å². The van der Waals surface area contributed by atoms with Crippen LogP contribution in [-0.4, -0.2) is 11.5 Å². The summed E-state index contributed by atoms with van der Waals surface area (Å²) in [5.41, 5.74) is 3.70. The lowest BCUT2D eigenvalue weighted by Gasteiger charge is -2.20. The number of aryl methyl sites for hydroxylation is 1. The van der Waals surface area contributed by atoms with Gasteiger partial charge in [-0.3, -0.25) is 4.98 Å². The van der Waals surface area contributed by atoms with Crippen LogP contribution < -0.4 is 5.32 Å². The third-order valence-corrected chi connectivity index (χ3v) is 4.45. The van der Waals surface area contributed by atoms with Crippen molar-refractivity contribution in [3.05, 3.63) is 64.0 Å². The van der Waals surface area contributed by atoms with Crippen molar-refractivity contribution in [2.75, 3.05) is 6.54 Å². The molecule has 1 aromatic carbocycles. The van der Waals surface area contributed by atoms with Crippen LogP contribution in [0, 0.1) is 6.92 Å². The lowest BCUT2D eigenvalue weighted by atomic mass is 9.97. The Morgan fingerprint density at radius 2 is 2.00 bits per heavy atom. The summed E-state index contributed by atoms with van der Waals surface area (Å²) < 4.78 is 0. The smallest absolute Gasteiger partial charge is 0.0753 e. The molecule has 1 unspecified atom stereocenters. The largest absolute Gasteiger partial charge is 0.306 e. The van der Waals surface area contributed by atoms with Gasteiger partial charge in [0.05, 0.1) is 11.6 Å². The Bertz CT molecular complexity index is 712. The fourth-order valence-corrected chi connectivity index (χ4v) is 3.39. The molecule has 2 nitrogen and oxygen atoms in total. The summed E-state index contributed by atoms with van der Waals surface area (Å²) in [5, 5.41) is 6.96. The Labute approximate surface area is 123 Å². The number of aromatic nitrogens is 1. The Morgan fingerprint density at radius 1 is 1.15 bits per heavy atom. The number of rotatable bonds is 4. The van der Waals surface area contributed by atoms with Crippen LogP contribution in [0.4, 0.5) is 0 Å². The van der Waals surface area contributed by atoms with Gasteiger partial charge >= 0.3 is 0 Å². The topological polar surface area (TPSA) is 24.9 Å². The molecule has 0 aliphatic carbocycles. The minimum atomic E-state index is 0.213. The summed E-state index contributed by atoms with van der Waals surface area (Å²) in [7, 11) is 0. The SMILES string of the molecule is CCNC(c1ccsc1C)c1cccc2cccnc12. The van der Waals surface area contributed by atoms with Crippen LogP contribution in [0.5, 0.6) is 0 Å². The fraction of sp³-hybridized carbons (Fsp3) is 0.235. The van der Waals surface area contributed by atoms with Crippen molar-refractivity contribution in [3.63, 3.8) is 0 Å². The summed E-state index contributed by atoms with van der Waals surface area (Å²) in [6, 6.07) is 13.0. The molecule has 0 saturated carbocycles. The molecule has 1 atom stereocenters. The molecule has 3 aromatic rings. The van der Waals surface area contributed by atoms with E-state index in [1.807, 2.05) is 12.3 Å². The van der Waals surface area contributed by atoms with Crippen molar-refractivity contribution < 1.29 is 0 Å². The summed E-state index contributed by atoms with van der Waals surface area (Å²) in [6.07, 6.45) is 1.87. The molecule has 0 bridgehead atoms. The second-order valence-corrected chi connectivity index (χ2v) is 5.97. The summed E-state index contributed by atoms with van der Waals surface area (Å²) in [4.78, 5) is 5.95. The Balaban J connectivity index is 2.17. The number of para-hydroxylation sites is 1. The molecule has 102 valence electrons. The number of hydrogen-bond acceptors (Lipinski definition) is 3. The van der Waals surface area contributed by atoms with Crippen LogP contribution in [0.25, 0.3) is 10.9 Å². The van der Waals surface area contributed by atoms with Crippen molar-refractivity contribution >= 4 is 22.2 Å². The molecular weight excluding hydrogens is 264 g/mol. The van der Waals surface area contributed by atoms with Crippen molar-refractivity contribution in [2.45, 2.75) is 19.9 Å². The molecule has 2 heterocycles. The van der Waals surface area contributed by atoms with Crippen LogP contribution >= 0.6 is 11.3 Å². The average molecular weight is 282 g/mol. The predicted octanol–water partition coefficient (Wildman–Crippen LogP) is 4.30. The average Bonchev–Trinajstić information content (AvgIpc) is 2.90. The first-order valence-electron chi connectivity index (χ1n) is 6.92. The molecule has 0 aliphatic heterocycles. The second kappa shape index (κ2) is 5.73. The standard InChI is InChI=1S/C17H18N2S/c1-3-18-17(14-9-11-20-12(14)2)15-8-4-6-13-7-5-10-19-16(13)15/h4-11,17-18H,3H2,1-2H3. The van der Waals surface area contributed by atoms with Gasteiger partial charge in [-0.15, -0.1) is 11.3 Å². The lowest BCUT2D eigenvalue weighted by Crippen LogP contribution is -2.22. The molecule has 20 heavy (non-hydrogen) atoms. The number of fused-ring (bicyclic) bond motifs is 1. The van der Waals surface area contributed by atoms with E-state index in [1.54, 1.807) is 11.3 Å². The molecule has 0 spiro atoms. The number of benzene rings is 1. The van der Waals surface area contributed by atoms with Gasteiger partial charge in [-0.2, -0.15) is 0 Å². The molecule has 0 amide bonds. The summed E-state index contributed by atoms with van der Waals surface area (Å²) >= 11 is 1.80. The van der Waals surface area contributed by atoms with E-state index in [-0.39, 0.29) is 6.04 Å². The highest BCUT2D eigenvalue weighted by Crippen LogP contribution is 2.31. The van der Waals surface area contributed by atoms with Crippen LogP contribution in [0.1, 0.15) is 29.0 Å². The van der Waals surface area contributed by atoms with Crippen molar-refractivity contribution in [2.24, 2.45) is 0 Å². The first kappa shape index (κ1) is 13.3. The zero-order valence-electron chi connectivity index (χ0n) is 11.8. The van der Waals surface area contributed by atoms with Crippen LogP contribution in [0.3, 0.4) is 0 Å². The highest BCUT2D eigenvalue weighted by atomic mass is 32.1. The van der Waals surface area contributed by atoms with Crippen LogP contribution in [0.15, 0.2) is 48.0 Å².